The minimum Gasteiger partial charge on any atom is -0.475 e. The number of imide groups is 1. The van der Waals surface area contributed by atoms with E-state index in [1.165, 1.54) is 5.56 Å². The third-order valence-electron chi connectivity index (χ3n) is 5.68. The molecule has 0 saturated carbocycles. The number of amides is 2. The van der Waals surface area contributed by atoms with Gasteiger partial charge in [-0.25, -0.2) is 9.59 Å². The van der Waals surface area contributed by atoms with Gasteiger partial charge < -0.3 is 10.4 Å². The molecule has 2 saturated heterocycles. The number of aromatic nitrogens is 2. The molecule has 0 radical (unpaired) electrons. The summed E-state index contributed by atoms with van der Waals surface area (Å²) in [6, 6.07) is 5.32. The number of carboxylic acid groups (broad SMARTS) is 1. The van der Waals surface area contributed by atoms with Crippen LogP contribution in [0.2, 0.25) is 0 Å². The van der Waals surface area contributed by atoms with Gasteiger partial charge in [0.05, 0.1) is 11.0 Å². The van der Waals surface area contributed by atoms with Crippen LogP contribution in [0.1, 0.15) is 43.2 Å². The molecule has 2 fully saturated rings. The van der Waals surface area contributed by atoms with Crippen molar-refractivity contribution in [2.24, 2.45) is 7.05 Å². The van der Waals surface area contributed by atoms with E-state index in [-0.39, 0.29) is 18.0 Å². The Bertz CT molecular complexity index is 1100. The molecular formula is C20H23F3N4O5. The zero-order chi connectivity index (χ0) is 23.6. The summed E-state index contributed by atoms with van der Waals surface area (Å²) in [5.74, 6) is -3.01. The van der Waals surface area contributed by atoms with E-state index >= 15 is 0 Å². The average molecular weight is 456 g/mol. The van der Waals surface area contributed by atoms with Gasteiger partial charge in [0.15, 0.2) is 0 Å². The molecule has 2 aliphatic rings. The smallest absolute Gasteiger partial charge is 0.475 e. The highest BCUT2D eigenvalue weighted by molar-refractivity contribution is 6.00. The first kappa shape index (κ1) is 23.5. The summed E-state index contributed by atoms with van der Waals surface area (Å²) < 4.78 is 34.9. The molecule has 2 amide bonds. The number of imidazole rings is 1. The van der Waals surface area contributed by atoms with Gasteiger partial charge in [-0.1, -0.05) is 12.1 Å². The number of aliphatic carboxylic acids is 1. The maximum atomic E-state index is 12.9. The number of rotatable bonds is 2. The van der Waals surface area contributed by atoms with Crippen molar-refractivity contribution in [2.45, 2.75) is 43.8 Å². The van der Waals surface area contributed by atoms with Crippen molar-refractivity contribution >= 4 is 28.8 Å². The lowest BCUT2D eigenvalue weighted by atomic mass is 9.89. The Hall–Kier alpha value is -3.15. The van der Waals surface area contributed by atoms with Crippen molar-refractivity contribution in [3.63, 3.8) is 0 Å². The van der Waals surface area contributed by atoms with Crippen molar-refractivity contribution < 1.29 is 32.7 Å². The van der Waals surface area contributed by atoms with Crippen molar-refractivity contribution in [2.75, 3.05) is 13.1 Å². The molecule has 0 aliphatic carbocycles. The molecule has 4 rings (SSSR count). The van der Waals surface area contributed by atoms with E-state index in [0.717, 1.165) is 37.0 Å². The first-order valence-electron chi connectivity index (χ1n) is 10.1. The van der Waals surface area contributed by atoms with Crippen molar-refractivity contribution in [3.8, 4) is 0 Å². The van der Waals surface area contributed by atoms with Gasteiger partial charge in [-0.3, -0.25) is 24.0 Å². The fraction of sp³-hybridized carbons (Fsp3) is 0.500. The maximum absolute atomic E-state index is 12.9. The van der Waals surface area contributed by atoms with Gasteiger partial charge in [0.25, 0.3) is 0 Å². The number of hydrogen-bond acceptors (Lipinski definition) is 5. The standard InChI is InChI=1S/C18H22N4O3.C2HF3O2/c1-21-16-12(11-7-9-19-10-8-11)3-2-4-13(16)22(18(21)25)14-5-6-15(23)20-17(14)24;3-2(4,5)1(6)7/h2-4,11,14,19H,5-10H2,1H3,(H,20,23,24);(H,6,7). The molecule has 3 heterocycles. The van der Waals surface area contributed by atoms with Crippen molar-refractivity contribution in [1.82, 2.24) is 19.8 Å². The zero-order valence-electron chi connectivity index (χ0n) is 17.2. The Labute approximate surface area is 180 Å². The Kier molecular flexibility index (Phi) is 6.72. The molecule has 3 N–H and O–H groups in total. The second-order valence-corrected chi connectivity index (χ2v) is 7.72. The van der Waals surface area contributed by atoms with Gasteiger partial charge in [-0.2, -0.15) is 13.2 Å². The van der Waals surface area contributed by atoms with E-state index in [2.05, 4.69) is 16.7 Å². The second-order valence-electron chi connectivity index (χ2n) is 7.72. The summed E-state index contributed by atoms with van der Waals surface area (Å²) in [7, 11) is 1.76. The number of carboxylic acids is 1. The molecule has 32 heavy (non-hydrogen) atoms. The van der Waals surface area contributed by atoms with Crippen LogP contribution in [0.15, 0.2) is 23.0 Å². The SMILES string of the molecule is Cn1c(=O)n(C2CCC(=O)NC2=O)c2cccc(C3CCNCC3)c21.O=C(O)C(F)(F)F. The fourth-order valence-corrected chi connectivity index (χ4v) is 4.16. The number of carbonyl (C=O) groups is 3. The first-order chi connectivity index (χ1) is 15.0. The maximum Gasteiger partial charge on any atom is 0.490 e. The van der Waals surface area contributed by atoms with E-state index < -0.39 is 24.1 Å². The lowest BCUT2D eigenvalue weighted by molar-refractivity contribution is -0.192. The van der Waals surface area contributed by atoms with Crippen LogP contribution in [-0.4, -0.2) is 51.3 Å². The normalized spacial score (nSPS) is 19.9. The monoisotopic (exact) mass is 456 g/mol. The van der Waals surface area contributed by atoms with Crippen molar-refractivity contribution in [3.05, 3.63) is 34.2 Å². The molecule has 1 aromatic carbocycles. The average Bonchev–Trinajstić information content (AvgIpc) is 2.99. The lowest BCUT2D eigenvalue weighted by Crippen LogP contribution is -2.44. The van der Waals surface area contributed by atoms with Gasteiger partial charge in [-0.05, 0) is 49.9 Å². The molecule has 12 heteroatoms. The third-order valence-corrected chi connectivity index (χ3v) is 5.68. The largest absolute Gasteiger partial charge is 0.490 e. The van der Waals surface area contributed by atoms with Gasteiger partial charge in [0.2, 0.25) is 11.8 Å². The molecule has 2 aromatic rings. The summed E-state index contributed by atoms with van der Waals surface area (Å²) in [4.78, 5) is 45.5. The van der Waals surface area contributed by atoms with E-state index in [0.29, 0.717) is 12.3 Å². The quantitative estimate of drug-likeness (QED) is 0.588. The number of para-hydroxylation sites is 1. The number of alkyl halides is 3. The van der Waals surface area contributed by atoms with E-state index in [4.69, 9.17) is 9.90 Å². The van der Waals surface area contributed by atoms with Gasteiger partial charge in [0, 0.05) is 13.5 Å². The number of hydrogen-bond donors (Lipinski definition) is 3. The fourth-order valence-electron chi connectivity index (χ4n) is 4.16. The van der Waals surface area contributed by atoms with Crippen LogP contribution in [0, 0.1) is 0 Å². The molecule has 2 aliphatic heterocycles. The molecule has 1 aromatic heterocycles. The van der Waals surface area contributed by atoms with E-state index in [1.807, 2.05) is 12.1 Å². The van der Waals surface area contributed by atoms with E-state index in [9.17, 15) is 27.6 Å². The molecule has 0 bridgehead atoms. The number of nitrogens with zero attached hydrogens (tertiary/aromatic N) is 2. The summed E-state index contributed by atoms with van der Waals surface area (Å²) in [6.45, 7) is 1.95. The van der Waals surface area contributed by atoms with Crippen LogP contribution >= 0.6 is 0 Å². The molecular weight excluding hydrogens is 433 g/mol. The van der Waals surface area contributed by atoms with Crippen LogP contribution in [0.3, 0.4) is 0 Å². The number of fused-ring (bicyclic) bond motifs is 1. The first-order valence-corrected chi connectivity index (χ1v) is 10.1. The number of benzene rings is 1. The van der Waals surface area contributed by atoms with Crippen LogP contribution in [-0.2, 0) is 21.4 Å². The second kappa shape index (κ2) is 9.15. The zero-order valence-corrected chi connectivity index (χ0v) is 17.2. The number of carbonyl (C=O) groups excluding carboxylic acids is 2. The predicted octanol–water partition coefficient (Wildman–Crippen LogP) is 1.42. The Morgan fingerprint density at radius 1 is 1.12 bits per heavy atom. The topological polar surface area (TPSA) is 122 Å². The number of piperidine rings is 2. The molecule has 1 atom stereocenters. The summed E-state index contributed by atoms with van der Waals surface area (Å²) in [5.41, 5.74) is 2.65. The third kappa shape index (κ3) is 4.69. The molecule has 1 unspecified atom stereocenters. The minimum absolute atomic E-state index is 0.203. The van der Waals surface area contributed by atoms with Crippen LogP contribution in [0.5, 0.6) is 0 Å². The highest BCUT2D eigenvalue weighted by Crippen LogP contribution is 2.32. The van der Waals surface area contributed by atoms with Gasteiger partial charge in [-0.15, -0.1) is 0 Å². The van der Waals surface area contributed by atoms with Crippen LogP contribution in [0.25, 0.3) is 11.0 Å². The minimum atomic E-state index is -5.08. The molecule has 9 nitrogen and oxygen atoms in total. The molecule has 174 valence electrons. The molecule has 0 spiro atoms. The summed E-state index contributed by atoms with van der Waals surface area (Å²) in [5, 5.41) is 12.8. The number of halogens is 3. The summed E-state index contributed by atoms with van der Waals surface area (Å²) >= 11 is 0. The Morgan fingerprint density at radius 3 is 2.31 bits per heavy atom. The number of aryl methyl sites for hydroxylation is 1. The van der Waals surface area contributed by atoms with Gasteiger partial charge in [0.1, 0.15) is 6.04 Å². The van der Waals surface area contributed by atoms with Gasteiger partial charge >= 0.3 is 17.8 Å². The lowest BCUT2D eigenvalue weighted by Gasteiger charge is -2.24. The Balaban J connectivity index is 0.000000360. The predicted molar refractivity (Wildman–Crippen MR) is 107 cm³/mol. The van der Waals surface area contributed by atoms with Crippen LogP contribution in [0.4, 0.5) is 13.2 Å². The highest BCUT2D eigenvalue weighted by Gasteiger charge is 2.38. The van der Waals surface area contributed by atoms with Crippen molar-refractivity contribution in [1.29, 1.82) is 0 Å². The number of nitrogens with one attached hydrogen (secondary N) is 2. The summed E-state index contributed by atoms with van der Waals surface area (Å²) in [6.07, 6.45) is -2.39. The van der Waals surface area contributed by atoms with E-state index in [1.54, 1.807) is 16.2 Å². The Morgan fingerprint density at radius 2 is 1.75 bits per heavy atom. The highest BCUT2D eigenvalue weighted by atomic mass is 19.4. The van der Waals surface area contributed by atoms with Crippen LogP contribution < -0.4 is 16.3 Å².